The maximum atomic E-state index is 12.7. The minimum absolute atomic E-state index is 0.236. The Hall–Kier alpha value is -3.20. The summed E-state index contributed by atoms with van der Waals surface area (Å²) in [4.78, 5) is 33.8. The molecule has 1 aliphatic rings. The van der Waals surface area contributed by atoms with Crippen molar-refractivity contribution < 1.29 is 9.53 Å². The minimum atomic E-state index is -0.255. The molecule has 0 unspecified atom stereocenters. The van der Waals surface area contributed by atoms with Gasteiger partial charge in [-0.15, -0.1) is 0 Å². The molecule has 3 aromatic rings. The van der Waals surface area contributed by atoms with Crippen LogP contribution < -0.4 is 15.0 Å². The average Bonchev–Trinajstić information content (AvgIpc) is 2.74. The molecule has 0 spiro atoms. The van der Waals surface area contributed by atoms with Gasteiger partial charge in [-0.05, 0) is 24.3 Å². The van der Waals surface area contributed by atoms with Gasteiger partial charge in [0.25, 0.3) is 5.88 Å². The summed E-state index contributed by atoms with van der Waals surface area (Å²) in [6.07, 6.45) is 3.42. The van der Waals surface area contributed by atoms with E-state index in [2.05, 4.69) is 25.3 Å². The lowest BCUT2D eigenvalue weighted by Gasteiger charge is -2.34. The number of aromatic nitrogens is 4. The lowest BCUT2D eigenvalue weighted by Crippen LogP contribution is -2.50. The van der Waals surface area contributed by atoms with Crippen LogP contribution in [0.3, 0.4) is 0 Å². The van der Waals surface area contributed by atoms with E-state index in [1.165, 1.54) is 7.11 Å². The number of anilines is 2. The fourth-order valence-electron chi connectivity index (χ4n) is 2.98. The molecule has 2 aromatic heterocycles. The SMILES string of the molecule is COc1nc2cc(Cl)ccc2nc1NC(=O)N1CCN(c2ncccn2)CC1. The van der Waals surface area contributed by atoms with Crippen LogP contribution in [0, 0.1) is 0 Å². The van der Waals surface area contributed by atoms with Crippen molar-refractivity contribution in [2.75, 3.05) is 43.5 Å². The number of carbonyl (C=O) groups is 1. The fraction of sp³-hybridized carbons (Fsp3) is 0.278. The van der Waals surface area contributed by atoms with Crippen LogP contribution in [0.5, 0.6) is 5.88 Å². The quantitative estimate of drug-likeness (QED) is 0.722. The summed E-state index contributed by atoms with van der Waals surface area (Å²) in [5.41, 5.74) is 1.21. The highest BCUT2D eigenvalue weighted by atomic mass is 35.5. The molecule has 1 fully saturated rings. The first-order valence-electron chi connectivity index (χ1n) is 8.73. The molecular weight excluding hydrogens is 382 g/mol. The van der Waals surface area contributed by atoms with E-state index < -0.39 is 0 Å². The van der Waals surface area contributed by atoms with Crippen LogP contribution in [0.25, 0.3) is 11.0 Å². The zero-order valence-corrected chi connectivity index (χ0v) is 15.9. The Morgan fingerprint density at radius 2 is 1.86 bits per heavy atom. The number of piperazine rings is 1. The number of fused-ring (bicyclic) bond motifs is 1. The first-order chi connectivity index (χ1) is 13.6. The summed E-state index contributed by atoms with van der Waals surface area (Å²) in [5.74, 6) is 1.18. The van der Waals surface area contributed by atoms with Crippen molar-refractivity contribution >= 4 is 40.4 Å². The molecule has 1 saturated heterocycles. The molecule has 28 heavy (non-hydrogen) atoms. The Morgan fingerprint density at radius 1 is 1.11 bits per heavy atom. The lowest BCUT2D eigenvalue weighted by atomic mass is 10.3. The number of nitrogens with one attached hydrogen (secondary N) is 1. The Balaban J connectivity index is 1.46. The van der Waals surface area contributed by atoms with Crippen LogP contribution in [0.1, 0.15) is 0 Å². The molecule has 0 atom stereocenters. The molecule has 4 rings (SSSR count). The number of hydrogen-bond acceptors (Lipinski definition) is 7. The maximum Gasteiger partial charge on any atom is 0.323 e. The van der Waals surface area contributed by atoms with Crippen LogP contribution in [-0.2, 0) is 0 Å². The van der Waals surface area contributed by atoms with Crippen molar-refractivity contribution in [1.82, 2.24) is 24.8 Å². The lowest BCUT2D eigenvalue weighted by molar-refractivity contribution is 0.207. The number of nitrogens with zero attached hydrogens (tertiary/aromatic N) is 6. The number of rotatable bonds is 3. The first kappa shape index (κ1) is 18.2. The van der Waals surface area contributed by atoms with Crippen molar-refractivity contribution in [3.63, 3.8) is 0 Å². The topological polar surface area (TPSA) is 96.4 Å². The van der Waals surface area contributed by atoms with E-state index in [0.29, 0.717) is 48.2 Å². The van der Waals surface area contributed by atoms with Gasteiger partial charge in [0, 0.05) is 43.6 Å². The van der Waals surface area contributed by atoms with Gasteiger partial charge >= 0.3 is 6.03 Å². The summed E-state index contributed by atoms with van der Waals surface area (Å²) in [6, 6.07) is 6.69. The van der Waals surface area contributed by atoms with Gasteiger partial charge in [-0.2, -0.15) is 0 Å². The number of hydrogen-bond donors (Lipinski definition) is 1. The molecule has 0 bridgehead atoms. The highest BCUT2D eigenvalue weighted by molar-refractivity contribution is 6.31. The molecule has 3 heterocycles. The second-order valence-electron chi connectivity index (χ2n) is 6.17. The standard InChI is InChI=1S/C18H18ClN7O2/c1-28-16-15(22-13-4-3-12(19)11-14(13)23-16)24-18(27)26-9-7-25(8-10-26)17-20-5-2-6-21-17/h2-6,11H,7-10H2,1H3,(H,22,24,27). The number of halogens is 1. The number of methoxy groups -OCH3 is 1. The highest BCUT2D eigenvalue weighted by Gasteiger charge is 2.24. The monoisotopic (exact) mass is 399 g/mol. The first-order valence-corrected chi connectivity index (χ1v) is 9.11. The third kappa shape index (κ3) is 3.74. The Kier molecular flexibility index (Phi) is 5.07. The third-order valence-electron chi connectivity index (χ3n) is 4.41. The van der Waals surface area contributed by atoms with E-state index in [4.69, 9.17) is 16.3 Å². The Labute approximate surface area is 166 Å². The van der Waals surface area contributed by atoms with Gasteiger partial charge in [0.1, 0.15) is 0 Å². The van der Waals surface area contributed by atoms with Gasteiger partial charge in [0.05, 0.1) is 18.1 Å². The largest absolute Gasteiger partial charge is 0.478 e. The molecule has 1 aliphatic heterocycles. The fourth-order valence-corrected chi connectivity index (χ4v) is 3.15. The van der Waals surface area contributed by atoms with E-state index in [-0.39, 0.29) is 17.7 Å². The predicted octanol–water partition coefficient (Wildman–Crippen LogP) is 2.44. The molecule has 1 N–H and O–H groups in total. The minimum Gasteiger partial charge on any atom is -0.478 e. The molecule has 0 saturated carbocycles. The van der Waals surface area contributed by atoms with Crippen molar-refractivity contribution in [3.8, 4) is 5.88 Å². The number of benzene rings is 1. The summed E-state index contributed by atoms with van der Waals surface area (Å²) in [6.45, 7) is 2.39. The summed E-state index contributed by atoms with van der Waals surface area (Å²) >= 11 is 6.00. The zero-order valence-electron chi connectivity index (χ0n) is 15.2. The molecule has 0 aliphatic carbocycles. The van der Waals surface area contributed by atoms with Crippen molar-refractivity contribution in [3.05, 3.63) is 41.7 Å². The van der Waals surface area contributed by atoms with E-state index in [9.17, 15) is 4.79 Å². The summed E-state index contributed by atoms with van der Waals surface area (Å²) < 4.78 is 5.28. The maximum absolute atomic E-state index is 12.7. The van der Waals surface area contributed by atoms with Crippen LogP contribution in [-0.4, -0.2) is 64.2 Å². The Bertz CT molecular complexity index is 994. The van der Waals surface area contributed by atoms with E-state index in [0.717, 1.165) is 0 Å². The van der Waals surface area contributed by atoms with Crippen molar-refractivity contribution in [1.29, 1.82) is 0 Å². The number of carbonyl (C=O) groups excluding carboxylic acids is 1. The average molecular weight is 400 g/mol. The van der Waals surface area contributed by atoms with Crippen LogP contribution >= 0.6 is 11.6 Å². The van der Waals surface area contributed by atoms with Gasteiger partial charge in [-0.3, -0.25) is 5.32 Å². The molecule has 9 nitrogen and oxygen atoms in total. The van der Waals surface area contributed by atoms with Gasteiger partial charge in [0.2, 0.25) is 5.95 Å². The Morgan fingerprint density at radius 3 is 2.57 bits per heavy atom. The van der Waals surface area contributed by atoms with Gasteiger partial charge in [-0.1, -0.05) is 11.6 Å². The molecular formula is C18H18ClN7O2. The molecule has 2 amide bonds. The normalized spacial score (nSPS) is 14.2. The van der Waals surface area contributed by atoms with E-state index >= 15 is 0 Å². The smallest absolute Gasteiger partial charge is 0.323 e. The molecule has 144 valence electrons. The molecule has 10 heteroatoms. The van der Waals surface area contributed by atoms with Crippen molar-refractivity contribution in [2.24, 2.45) is 0 Å². The number of ether oxygens (including phenoxy) is 1. The number of urea groups is 1. The van der Waals surface area contributed by atoms with E-state index in [1.54, 1.807) is 41.6 Å². The van der Waals surface area contributed by atoms with Gasteiger partial charge in [-0.25, -0.2) is 24.7 Å². The van der Waals surface area contributed by atoms with Crippen LogP contribution in [0.2, 0.25) is 5.02 Å². The van der Waals surface area contributed by atoms with Gasteiger partial charge < -0.3 is 14.5 Å². The highest BCUT2D eigenvalue weighted by Crippen LogP contribution is 2.25. The summed E-state index contributed by atoms with van der Waals surface area (Å²) in [7, 11) is 1.48. The number of amides is 2. The van der Waals surface area contributed by atoms with Crippen LogP contribution in [0.4, 0.5) is 16.6 Å². The third-order valence-corrected chi connectivity index (χ3v) is 4.65. The molecule has 0 radical (unpaired) electrons. The van der Waals surface area contributed by atoms with Gasteiger partial charge in [0.15, 0.2) is 5.82 Å². The second kappa shape index (κ2) is 7.81. The van der Waals surface area contributed by atoms with Crippen LogP contribution in [0.15, 0.2) is 36.7 Å². The van der Waals surface area contributed by atoms with Crippen molar-refractivity contribution in [2.45, 2.75) is 0 Å². The molecule has 1 aromatic carbocycles. The second-order valence-corrected chi connectivity index (χ2v) is 6.60. The zero-order chi connectivity index (χ0) is 19.5. The predicted molar refractivity (Wildman–Crippen MR) is 106 cm³/mol. The summed E-state index contributed by atoms with van der Waals surface area (Å²) in [5, 5.41) is 3.35. The van der Waals surface area contributed by atoms with E-state index in [1.807, 2.05) is 4.90 Å².